The van der Waals surface area contributed by atoms with Crippen molar-refractivity contribution in [2.75, 3.05) is 11.8 Å². The molecule has 2 heterocycles. The molecule has 0 amide bonds. The Hall–Kier alpha value is -1.84. The molecular weight excluding hydrogens is 425 g/mol. The molecule has 0 spiro atoms. The Kier molecular flexibility index (Phi) is 4.41. The van der Waals surface area contributed by atoms with Crippen LogP contribution < -0.4 is 9.46 Å². The van der Waals surface area contributed by atoms with Crippen LogP contribution in [0.2, 0.25) is 5.02 Å². The molecule has 1 N–H and O–H groups in total. The van der Waals surface area contributed by atoms with Crippen molar-refractivity contribution in [2.45, 2.75) is 4.90 Å². The minimum absolute atomic E-state index is 0.0968. The number of rotatable bonds is 4. The van der Waals surface area contributed by atoms with Gasteiger partial charge in [0.2, 0.25) is 0 Å². The van der Waals surface area contributed by atoms with Crippen molar-refractivity contribution < 1.29 is 17.5 Å². The summed E-state index contributed by atoms with van der Waals surface area (Å²) in [5.74, 6) is -0.452. The lowest BCUT2D eigenvalue weighted by molar-refractivity contribution is 0.411. The smallest absolute Gasteiger partial charge is 0.265 e. The molecular formula is C14H10BrClFN3O3S. The molecule has 1 aromatic carbocycles. The standard InChI is InChI=1S/C14H10BrClFN3O3S/c1-23-13-5-11(10(17)4-9(13)15)19-24(21,22)14-6-18-20-7-8(16)2-3-12(14)20/h2-7,19H,1H3. The van der Waals surface area contributed by atoms with Crippen molar-refractivity contribution >= 4 is 48.8 Å². The second-order valence-corrected chi connectivity index (χ2v) is 7.70. The molecule has 0 fully saturated rings. The van der Waals surface area contributed by atoms with Crippen molar-refractivity contribution in [2.24, 2.45) is 0 Å². The number of halogens is 3. The van der Waals surface area contributed by atoms with E-state index in [9.17, 15) is 12.8 Å². The van der Waals surface area contributed by atoms with Crippen LogP contribution in [0, 0.1) is 5.82 Å². The highest BCUT2D eigenvalue weighted by Crippen LogP contribution is 2.32. The van der Waals surface area contributed by atoms with Crippen LogP contribution in [-0.4, -0.2) is 25.1 Å². The molecule has 2 aromatic heterocycles. The zero-order valence-corrected chi connectivity index (χ0v) is 15.3. The number of benzene rings is 1. The molecule has 3 aromatic rings. The molecule has 24 heavy (non-hydrogen) atoms. The fourth-order valence-electron chi connectivity index (χ4n) is 2.11. The molecule has 10 heteroatoms. The Morgan fingerprint density at radius 2 is 2.12 bits per heavy atom. The molecule has 0 unspecified atom stereocenters. The van der Waals surface area contributed by atoms with Gasteiger partial charge in [-0.25, -0.2) is 17.3 Å². The van der Waals surface area contributed by atoms with Gasteiger partial charge in [0.25, 0.3) is 10.0 Å². The maximum Gasteiger partial charge on any atom is 0.265 e. The minimum atomic E-state index is -4.06. The van der Waals surface area contributed by atoms with E-state index in [4.69, 9.17) is 16.3 Å². The van der Waals surface area contributed by atoms with Gasteiger partial charge in [-0.3, -0.25) is 4.72 Å². The molecule has 0 radical (unpaired) electrons. The number of methoxy groups -OCH3 is 1. The molecule has 3 rings (SSSR count). The Balaban J connectivity index is 2.05. The first-order valence-electron chi connectivity index (χ1n) is 6.50. The summed E-state index contributed by atoms with van der Waals surface area (Å²) >= 11 is 8.98. The number of sulfonamides is 1. The van der Waals surface area contributed by atoms with Crippen molar-refractivity contribution in [3.8, 4) is 5.75 Å². The largest absolute Gasteiger partial charge is 0.495 e. The molecule has 0 saturated carbocycles. The van der Waals surface area contributed by atoms with Gasteiger partial charge < -0.3 is 4.74 Å². The second kappa shape index (κ2) is 6.23. The van der Waals surface area contributed by atoms with Crippen LogP contribution >= 0.6 is 27.5 Å². The maximum atomic E-state index is 14.1. The zero-order chi connectivity index (χ0) is 17.5. The summed E-state index contributed by atoms with van der Waals surface area (Å²) in [6.07, 6.45) is 2.64. The molecule has 0 saturated heterocycles. The number of anilines is 1. The first kappa shape index (κ1) is 17.0. The van der Waals surface area contributed by atoms with Gasteiger partial charge in [0.05, 0.1) is 34.0 Å². The average molecular weight is 435 g/mol. The first-order chi connectivity index (χ1) is 11.3. The van der Waals surface area contributed by atoms with Crippen LogP contribution in [0.25, 0.3) is 5.52 Å². The highest BCUT2D eigenvalue weighted by Gasteiger charge is 2.22. The Morgan fingerprint density at radius 1 is 1.38 bits per heavy atom. The Morgan fingerprint density at radius 3 is 2.83 bits per heavy atom. The summed E-state index contributed by atoms with van der Waals surface area (Å²) in [5.41, 5.74) is 0.0831. The van der Waals surface area contributed by atoms with Crippen molar-refractivity contribution in [3.05, 3.63) is 52.0 Å². The van der Waals surface area contributed by atoms with E-state index in [1.165, 1.54) is 36.2 Å². The molecule has 6 nitrogen and oxygen atoms in total. The summed E-state index contributed by atoms with van der Waals surface area (Å²) in [5, 5.41) is 4.35. The van der Waals surface area contributed by atoms with E-state index in [0.29, 0.717) is 20.8 Å². The third kappa shape index (κ3) is 3.06. The van der Waals surface area contributed by atoms with Gasteiger partial charge in [-0.1, -0.05) is 11.6 Å². The van der Waals surface area contributed by atoms with Crippen LogP contribution in [0.15, 0.2) is 46.0 Å². The zero-order valence-electron chi connectivity index (χ0n) is 12.1. The number of ether oxygens (including phenoxy) is 1. The number of fused-ring (bicyclic) bond motifs is 1. The number of hydrogen-bond acceptors (Lipinski definition) is 4. The molecule has 0 aliphatic rings. The van der Waals surface area contributed by atoms with E-state index in [1.807, 2.05) is 0 Å². The third-order valence-electron chi connectivity index (χ3n) is 3.22. The Bertz CT molecular complexity index is 1040. The third-order valence-corrected chi connectivity index (χ3v) is 5.45. The summed E-state index contributed by atoms with van der Waals surface area (Å²) in [6.45, 7) is 0. The van der Waals surface area contributed by atoms with Crippen LogP contribution in [-0.2, 0) is 10.0 Å². The summed E-state index contributed by atoms with van der Waals surface area (Å²) in [6, 6.07) is 5.43. The topological polar surface area (TPSA) is 72.7 Å². The number of nitrogens with zero attached hydrogens (tertiary/aromatic N) is 2. The second-order valence-electron chi connectivity index (χ2n) is 4.76. The van der Waals surface area contributed by atoms with Gasteiger partial charge in [0, 0.05) is 12.3 Å². The summed E-state index contributed by atoms with van der Waals surface area (Å²) in [4.78, 5) is -0.0968. The van der Waals surface area contributed by atoms with Gasteiger partial charge >= 0.3 is 0 Å². The first-order valence-corrected chi connectivity index (χ1v) is 9.16. The van der Waals surface area contributed by atoms with Crippen LogP contribution in [0.4, 0.5) is 10.1 Å². The Labute approximate surface area is 150 Å². The SMILES string of the molecule is COc1cc(NS(=O)(=O)c2cnn3cc(Cl)ccc23)c(F)cc1Br. The molecule has 0 aliphatic heterocycles. The van der Waals surface area contributed by atoms with Gasteiger partial charge in [-0.05, 0) is 34.1 Å². The molecule has 0 bridgehead atoms. The fourth-order valence-corrected chi connectivity index (χ4v) is 3.92. The predicted molar refractivity (Wildman–Crippen MR) is 91.7 cm³/mol. The van der Waals surface area contributed by atoms with Crippen molar-refractivity contribution in [1.29, 1.82) is 0 Å². The lowest BCUT2D eigenvalue weighted by atomic mass is 10.3. The quantitative estimate of drug-likeness (QED) is 0.679. The van der Waals surface area contributed by atoms with Crippen molar-refractivity contribution in [1.82, 2.24) is 9.61 Å². The predicted octanol–water partition coefficient (Wildman–Crippen LogP) is 3.70. The highest BCUT2D eigenvalue weighted by atomic mass is 79.9. The average Bonchev–Trinajstić information content (AvgIpc) is 2.93. The number of aromatic nitrogens is 2. The van der Waals surface area contributed by atoms with Crippen molar-refractivity contribution in [3.63, 3.8) is 0 Å². The van der Waals surface area contributed by atoms with E-state index in [1.54, 1.807) is 6.07 Å². The summed E-state index contributed by atoms with van der Waals surface area (Å²) < 4.78 is 48.2. The van der Waals surface area contributed by atoms with E-state index in [-0.39, 0.29) is 10.6 Å². The number of hydrogen-bond donors (Lipinski definition) is 1. The monoisotopic (exact) mass is 433 g/mol. The molecule has 126 valence electrons. The summed E-state index contributed by atoms with van der Waals surface area (Å²) in [7, 11) is -2.66. The normalized spacial score (nSPS) is 11.7. The lowest BCUT2D eigenvalue weighted by Gasteiger charge is -2.11. The number of pyridine rings is 1. The maximum absolute atomic E-state index is 14.1. The van der Waals surface area contributed by atoms with Gasteiger partial charge in [-0.2, -0.15) is 5.10 Å². The van der Waals surface area contributed by atoms with Crippen LogP contribution in [0.3, 0.4) is 0 Å². The molecule has 0 atom stereocenters. The van der Waals surface area contributed by atoms with Gasteiger partial charge in [0.15, 0.2) is 0 Å². The fraction of sp³-hybridized carbons (Fsp3) is 0.0714. The van der Waals surface area contributed by atoms with Gasteiger partial charge in [0.1, 0.15) is 16.5 Å². The lowest BCUT2D eigenvalue weighted by Crippen LogP contribution is -2.14. The van der Waals surface area contributed by atoms with E-state index >= 15 is 0 Å². The number of nitrogens with one attached hydrogen (secondary N) is 1. The highest BCUT2D eigenvalue weighted by molar-refractivity contribution is 9.10. The minimum Gasteiger partial charge on any atom is -0.495 e. The molecule has 0 aliphatic carbocycles. The van der Waals surface area contributed by atoms with E-state index in [2.05, 4.69) is 25.8 Å². The van der Waals surface area contributed by atoms with E-state index < -0.39 is 15.8 Å². The van der Waals surface area contributed by atoms with Gasteiger partial charge in [-0.15, -0.1) is 0 Å². The van der Waals surface area contributed by atoms with Crippen LogP contribution in [0.1, 0.15) is 0 Å². The van der Waals surface area contributed by atoms with Crippen LogP contribution in [0.5, 0.6) is 5.75 Å². The van der Waals surface area contributed by atoms with E-state index in [0.717, 1.165) is 6.07 Å².